The van der Waals surface area contributed by atoms with E-state index in [0.29, 0.717) is 56.3 Å². The smallest absolute Gasteiger partial charge is 0.321 e. The van der Waals surface area contributed by atoms with Crippen LogP contribution in [0.1, 0.15) is 38.5 Å². The number of nitrogens with one attached hydrogen (secondary N) is 1. The Kier molecular flexibility index (Phi) is 6.90. The molecule has 2 heterocycles. The number of anilines is 1. The Labute approximate surface area is 193 Å². The third-order valence-electron chi connectivity index (χ3n) is 6.99. The first-order valence-corrected chi connectivity index (χ1v) is 11.8. The Morgan fingerprint density at radius 2 is 1.94 bits per heavy atom. The number of carbonyl (C=O) groups is 3. The van der Waals surface area contributed by atoms with Crippen molar-refractivity contribution in [3.05, 3.63) is 29.3 Å². The van der Waals surface area contributed by atoms with Crippen LogP contribution in [0.15, 0.2) is 24.3 Å². The Balaban J connectivity index is 1.20. The highest BCUT2D eigenvalue weighted by Crippen LogP contribution is 2.53. The van der Waals surface area contributed by atoms with Crippen LogP contribution in [0.25, 0.3) is 0 Å². The summed E-state index contributed by atoms with van der Waals surface area (Å²) in [6.07, 6.45) is 3.83. The molecule has 4 amide bonds. The van der Waals surface area contributed by atoms with Gasteiger partial charge < -0.3 is 25.1 Å². The van der Waals surface area contributed by atoms with Crippen LogP contribution in [0, 0.1) is 5.41 Å². The standard InChI is InChI=1S/C23H31ClN4O4/c24-17-3-1-4-18(15-17)25-22(32)27-11-6-21(31)26(13-14-27)10-2-5-20(30)28-12-9-23(7-8-23)19(29)16-28/h1,3-4,15,19,29H,2,5-14,16H2,(H,25,32)/t19-/m1/s1. The van der Waals surface area contributed by atoms with Crippen molar-refractivity contribution in [2.45, 2.75) is 44.6 Å². The minimum absolute atomic E-state index is 0.000394. The Morgan fingerprint density at radius 1 is 1.12 bits per heavy atom. The Bertz CT molecular complexity index is 875. The lowest BCUT2D eigenvalue weighted by Gasteiger charge is -2.36. The Hall–Kier alpha value is -2.32. The van der Waals surface area contributed by atoms with Crippen LogP contribution in [-0.2, 0) is 9.59 Å². The van der Waals surface area contributed by atoms with Crippen molar-refractivity contribution >= 4 is 35.1 Å². The second kappa shape index (κ2) is 9.67. The second-order valence-corrected chi connectivity index (χ2v) is 9.57. The molecular formula is C23H31ClN4O4. The summed E-state index contributed by atoms with van der Waals surface area (Å²) < 4.78 is 0. The van der Waals surface area contributed by atoms with E-state index in [9.17, 15) is 19.5 Å². The van der Waals surface area contributed by atoms with Crippen LogP contribution in [0.5, 0.6) is 0 Å². The number of nitrogens with zero attached hydrogens (tertiary/aromatic N) is 3. The second-order valence-electron chi connectivity index (χ2n) is 9.13. The van der Waals surface area contributed by atoms with Gasteiger partial charge in [-0.2, -0.15) is 0 Å². The van der Waals surface area contributed by atoms with Gasteiger partial charge in [-0.25, -0.2) is 4.79 Å². The van der Waals surface area contributed by atoms with Gasteiger partial charge in [0.2, 0.25) is 11.8 Å². The summed E-state index contributed by atoms with van der Waals surface area (Å²) in [5, 5.41) is 13.7. The number of benzene rings is 1. The topological polar surface area (TPSA) is 93.2 Å². The number of urea groups is 1. The number of hydrogen-bond acceptors (Lipinski definition) is 4. The maximum Gasteiger partial charge on any atom is 0.321 e. The predicted octanol–water partition coefficient (Wildman–Crippen LogP) is 2.56. The molecule has 174 valence electrons. The summed E-state index contributed by atoms with van der Waals surface area (Å²) in [5.41, 5.74) is 0.698. The van der Waals surface area contributed by atoms with Gasteiger partial charge >= 0.3 is 6.03 Å². The lowest BCUT2D eigenvalue weighted by Crippen LogP contribution is -2.47. The van der Waals surface area contributed by atoms with Crippen molar-refractivity contribution < 1.29 is 19.5 Å². The lowest BCUT2D eigenvalue weighted by atomic mass is 9.90. The molecule has 0 aromatic heterocycles. The molecule has 1 atom stereocenters. The summed E-state index contributed by atoms with van der Waals surface area (Å²) in [5.74, 6) is 0.0453. The SMILES string of the molecule is O=C1CCN(C(=O)Nc2cccc(Cl)c2)CCN1CCCC(=O)N1CCC2(CC2)[C@H](O)C1. The summed E-state index contributed by atoms with van der Waals surface area (Å²) in [6, 6.07) is 6.69. The number of rotatable bonds is 5. The van der Waals surface area contributed by atoms with Crippen LogP contribution < -0.4 is 5.32 Å². The molecule has 2 saturated heterocycles. The molecule has 1 spiro atoms. The molecule has 1 aromatic rings. The third kappa shape index (κ3) is 5.35. The van der Waals surface area contributed by atoms with Crippen molar-refractivity contribution in [1.82, 2.24) is 14.7 Å². The van der Waals surface area contributed by atoms with Crippen LogP contribution in [-0.4, -0.2) is 83.0 Å². The number of aliphatic hydroxyl groups excluding tert-OH is 1. The molecule has 1 saturated carbocycles. The van der Waals surface area contributed by atoms with E-state index in [1.165, 1.54) is 0 Å². The first kappa shape index (κ1) is 22.9. The van der Waals surface area contributed by atoms with Gasteiger partial charge in [-0.1, -0.05) is 17.7 Å². The minimum atomic E-state index is -0.406. The quantitative estimate of drug-likeness (QED) is 0.703. The number of amides is 4. The highest BCUT2D eigenvalue weighted by Gasteiger charge is 2.51. The largest absolute Gasteiger partial charge is 0.391 e. The van der Waals surface area contributed by atoms with E-state index in [1.807, 2.05) is 0 Å². The average Bonchev–Trinajstić information content (AvgIpc) is 3.56. The van der Waals surface area contributed by atoms with Gasteiger partial charge in [0.05, 0.1) is 6.10 Å². The van der Waals surface area contributed by atoms with Gasteiger partial charge in [0, 0.05) is 62.8 Å². The normalized spacial score (nSPS) is 22.6. The molecule has 2 aliphatic heterocycles. The molecule has 3 fully saturated rings. The first-order chi connectivity index (χ1) is 15.4. The minimum Gasteiger partial charge on any atom is -0.391 e. The monoisotopic (exact) mass is 462 g/mol. The average molecular weight is 463 g/mol. The van der Waals surface area contributed by atoms with Crippen molar-refractivity contribution in [2.75, 3.05) is 44.6 Å². The van der Waals surface area contributed by atoms with E-state index in [1.54, 1.807) is 39.0 Å². The maximum absolute atomic E-state index is 12.6. The molecule has 3 aliphatic rings. The fourth-order valence-electron chi connectivity index (χ4n) is 4.64. The first-order valence-electron chi connectivity index (χ1n) is 11.4. The van der Waals surface area contributed by atoms with Gasteiger partial charge in [0.25, 0.3) is 0 Å². The lowest BCUT2D eigenvalue weighted by molar-refractivity contribution is -0.137. The van der Waals surface area contributed by atoms with Crippen molar-refractivity contribution in [3.63, 3.8) is 0 Å². The van der Waals surface area contributed by atoms with E-state index >= 15 is 0 Å². The number of carbonyl (C=O) groups excluding carboxylic acids is 3. The number of likely N-dealkylation sites (tertiary alicyclic amines) is 1. The van der Waals surface area contributed by atoms with Crippen LogP contribution in [0.3, 0.4) is 0 Å². The van der Waals surface area contributed by atoms with Gasteiger partial charge in [-0.05, 0) is 49.3 Å². The summed E-state index contributed by atoms with van der Waals surface area (Å²) >= 11 is 5.97. The maximum atomic E-state index is 12.6. The number of piperidine rings is 1. The number of β-amino-alcohol motifs (C(OH)–C–C–N with tert-alkyl or cyclic N) is 1. The molecule has 0 bridgehead atoms. The van der Waals surface area contributed by atoms with E-state index in [0.717, 1.165) is 25.8 Å². The molecule has 0 unspecified atom stereocenters. The highest BCUT2D eigenvalue weighted by atomic mass is 35.5. The van der Waals surface area contributed by atoms with E-state index in [2.05, 4.69) is 5.32 Å². The van der Waals surface area contributed by atoms with Crippen LogP contribution >= 0.6 is 11.6 Å². The van der Waals surface area contributed by atoms with Gasteiger partial charge in [0.1, 0.15) is 0 Å². The van der Waals surface area contributed by atoms with Crippen molar-refractivity contribution in [3.8, 4) is 0 Å². The van der Waals surface area contributed by atoms with Gasteiger partial charge in [0.15, 0.2) is 0 Å². The van der Waals surface area contributed by atoms with E-state index in [4.69, 9.17) is 11.6 Å². The fraction of sp³-hybridized carbons (Fsp3) is 0.609. The summed E-state index contributed by atoms with van der Waals surface area (Å²) in [6.45, 7) is 2.88. The molecule has 2 N–H and O–H groups in total. The third-order valence-corrected chi connectivity index (χ3v) is 7.23. The zero-order chi connectivity index (χ0) is 22.7. The predicted molar refractivity (Wildman–Crippen MR) is 121 cm³/mol. The van der Waals surface area contributed by atoms with Crippen LogP contribution in [0.2, 0.25) is 5.02 Å². The molecule has 0 radical (unpaired) electrons. The van der Waals surface area contributed by atoms with Crippen molar-refractivity contribution in [2.24, 2.45) is 5.41 Å². The molecule has 4 rings (SSSR count). The van der Waals surface area contributed by atoms with E-state index < -0.39 is 6.10 Å². The molecular weight excluding hydrogens is 432 g/mol. The molecule has 9 heteroatoms. The van der Waals surface area contributed by atoms with Crippen molar-refractivity contribution in [1.29, 1.82) is 0 Å². The number of halogens is 1. The molecule has 1 aliphatic carbocycles. The fourth-order valence-corrected chi connectivity index (χ4v) is 4.83. The number of aliphatic hydroxyl groups is 1. The van der Waals surface area contributed by atoms with Crippen LogP contribution in [0.4, 0.5) is 10.5 Å². The molecule has 32 heavy (non-hydrogen) atoms. The highest BCUT2D eigenvalue weighted by molar-refractivity contribution is 6.30. The molecule has 8 nitrogen and oxygen atoms in total. The van der Waals surface area contributed by atoms with E-state index in [-0.39, 0.29) is 29.7 Å². The molecule has 1 aromatic carbocycles. The zero-order valence-corrected chi connectivity index (χ0v) is 19.0. The summed E-state index contributed by atoms with van der Waals surface area (Å²) in [4.78, 5) is 42.8. The summed E-state index contributed by atoms with van der Waals surface area (Å²) in [7, 11) is 0. The number of hydrogen-bond donors (Lipinski definition) is 2. The Morgan fingerprint density at radius 3 is 2.66 bits per heavy atom. The van der Waals surface area contributed by atoms with Gasteiger partial charge in [-0.15, -0.1) is 0 Å². The zero-order valence-electron chi connectivity index (χ0n) is 18.3. The van der Waals surface area contributed by atoms with Gasteiger partial charge in [-0.3, -0.25) is 9.59 Å².